The fraction of sp³-hybridized carbons (Fsp3) is 0.455. The Bertz CT molecular complexity index is 487. The van der Waals surface area contributed by atoms with Crippen molar-refractivity contribution in [2.24, 2.45) is 0 Å². The number of rotatable bonds is 6. The molecule has 2 aromatic heterocycles. The Kier molecular flexibility index (Phi) is 4.58. The number of hydrogen-bond acceptors (Lipinski definition) is 6. The van der Waals surface area contributed by atoms with Gasteiger partial charge in [0.1, 0.15) is 16.5 Å². The lowest BCUT2D eigenvalue weighted by Crippen LogP contribution is -1.99. The zero-order chi connectivity index (χ0) is 12.1. The Morgan fingerprint density at radius 1 is 1.47 bits per heavy atom. The molecule has 0 spiro atoms. The molecule has 17 heavy (non-hydrogen) atoms. The average Bonchev–Trinajstić information content (AvgIpc) is 2.81. The maximum atomic E-state index is 8.71. The fourth-order valence-corrected chi connectivity index (χ4v) is 3.06. The van der Waals surface area contributed by atoms with Crippen LogP contribution in [0.4, 0.5) is 5.82 Å². The summed E-state index contributed by atoms with van der Waals surface area (Å²) in [5.41, 5.74) is 0. The largest absolute Gasteiger partial charge is 0.396 e. The molecule has 0 fully saturated rings. The van der Waals surface area contributed by atoms with Gasteiger partial charge < -0.3 is 10.4 Å². The molecular formula is C11H15N3OS2. The molecule has 0 saturated carbocycles. The molecule has 2 heterocycles. The van der Waals surface area contributed by atoms with Crippen molar-refractivity contribution < 1.29 is 5.11 Å². The van der Waals surface area contributed by atoms with Crippen LogP contribution in [0.25, 0.3) is 10.2 Å². The summed E-state index contributed by atoms with van der Waals surface area (Å²) in [6.07, 6.45) is 0.824. The van der Waals surface area contributed by atoms with Crippen molar-refractivity contribution in [1.29, 1.82) is 0 Å². The molecular weight excluding hydrogens is 254 g/mol. The highest BCUT2D eigenvalue weighted by Crippen LogP contribution is 2.25. The molecule has 0 atom stereocenters. The van der Waals surface area contributed by atoms with Crippen LogP contribution in [-0.4, -0.2) is 34.5 Å². The first-order valence-corrected chi connectivity index (χ1v) is 7.49. The first kappa shape index (κ1) is 12.6. The van der Waals surface area contributed by atoms with Gasteiger partial charge in [-0.15, -0.1) is 11.3 Å². The number of nitrogens with one attached hydrogen (secondary N) is 1. The topological polar surface area (TPSA) is 58.0 Å². The van der Waals surface area contributed by atoms with Crippen LogP contribution in [0.1, 0.15) is 12.2 Å². The normalized spacial score (nSPS) is 10.9. The van der Waals surface area contributed by atoms with Crippen molar-refractivity contribution in [2.75, 3.05) is 24.7 Å². The van der Waals surface area contributed by atoms with Crippen molar-refractivity contribution in [1.82, 2.24) is 9.97 Å². The molecule has 4 nitrogen and oxygen atoms in total. The van der Waals surface area contributed by atoms with E-state index in [1.807, 2.05) is 18.5 Å². The van der Waals surface area contributed by atoms with E-state index in [4.69, 9.17) is 5.11 Å². The van der Waals surface area contributed by atoms with Crippen LogP contribution in [0, 0.1) is 0 Å². The lowest BCUT2D eigenvalue weighted by Gasteiger charge is -2.05. The molecule has 0 aliphatic carbocycles. The van der Waals surface area contributed by atoms with E-state index < -0.39 is 0 Å². The maximum absolute atomic E-state index is 8.71. The number of thioether (sulfide) groups is 1. The quantitative estimate of drug-likeness (QED) is 0.788. The number of anilines is 1. The zero-order valence-corrected chi connectivity index (χ0v) is 11.3. The molecule has 0 radical (unpaired) electrons. The van der Waals surface area contributed by atoms with E-state index in [0.717, 1.165) is 39.8 Å². The van der Waals surface area contributed by atoms with Crippen LogP contribution in [-0.2, 0) is 5.75 Å². The Morgan fingerprint density at radius 2 is 2.35 bits per heavy atom. The predicted octanol–water partition coefficient (Wildman–Crippen LogP) is 2.35. The molecule has 2 aromatic rings. The SMILES string of the molecule is CNc1nc(CSCCCO)nc2sccc12. The van der Waals surface area contributed by atoms with E-state index in [0.29, 0.717) is 0 Å². The first-order valence-electron chi connectivity index (χ1n) is 5.45. The van der Waals surface area contributed by atoms with E-state index in [1.54, 1.807) is 23.1 Å². The molecule has 0 amide bonds. The van der Waals surface area contributed by atoms with Crippen molar-refractivity contribution in [3.8, 4) is 0 Å². The Hall–Kier alpha value is -0.850. The Morgan fingerprint density at radius 3 is 3.12 bits per heavy atom. The lowest BCUT2D eigenvalue weighted by molar-refractivity contribution is 0.296. The van der Waals surface area contributed by atoms with Crippen molar-refractivity contribution in [3.05, 3.63) is 17.3 Å². The van der Waals surface area contributed by atoms with Gasteiger partial charge in [-0.2, -0.15) is 11.8 Å². The third-order valence-corrected chi connectivity index (χ3v) is 4.13. The molecule has 2 rings (SSSR count). The monoisotopic (exact) mass is 269 g/mol. The molecule has 0 bridgehead atoms. The number of fused-ring (bicyclic) bond motifs is 1. The second-order valence-electron chi connectivity index (χ2n) is 3.51. The second kappa shape index (κ2) is 6.18. The zero-order valence-electron chi connectivity index (χ0n) is 9.64. The highest BCUT2D eigenvalue weighted by atomic mass is 32.2. The summed E-state index contributed by atoms with van der Waals surface area (Å²) in [6, 6.07) is 2.04. The average molecular weight is 269 g/mol. The summed E-state index contributed by atoms with van der Waals surface area (Å²) in [7, 11) is 1.88. The van der Waals surface area contributed by atoms with Crippen LogP contribution >= 0.6 is 23.1 Å². The number of aliphatic hydroxyl groups is 1. The van der Waals surface area contributed by atoms with Gasteiger partial charge in [-0.05, 0) is 23.6 Å². The van der Waals surface area contributed by atoms with Gasteiger partial charge in [0.25, 0.3) is 0 Å². The maximum Gasteiger partial charge on any atom is 0.142 e. The first-order chi connectivity index (χ1) is 8.35. The number of thiophene rings is 1. The van der Waals surface area contributed by atoms with E-state index >= 15 is 0 Å². The summed E-state index contributed by atoms with van der Waals surface area (Å²) in [5, 5.41) is 14.9. The number of aromatic nitrogens is 2. The number of aliphatic hydroxyl groups excluding tert-OH is 1. The minimum Gasteiger partial charge on any atom is -0.396 e. The minimum atomic E-state index is 0.250. The summed E-state index contributed by atoms with van der Waals surface area (Å²) < 4.78 is 0. The van der Waals surface area contributed by atoms with E-state index in [2.05, 4.69) is 15.3 Å². The van der Waals surface area contributed by atoms with E-state index in [1.165, 1.54) is 0 Å². The summed E-state index contributed by atoms with van der Waals surface area (Å²) in [4.78, 5) is 10.0. The molecule has 0 unspecified atom stereocenters. The highest BCUT2D eigenvalue weighted by Gasteiger charge is 2.07. The highest BCUT2D eigenvalue weighted by molar-refractivity contribution is 7.98. The van der Waals surface area contributed by atoms with Gasteiger partial charge in [-0.25, -0.2) is 9.97 Å². The van der Waals surface area contributed by atoms with E-state index in [-0.39, 0.29) is 6.61 Å². The number of hydrogen-bond donors (Lipinski definition) is 2. The molecule has 92 valence electrons. The minimum absolute atomic E-state index is 0.250. The fourth-order valence-electron chi connectivity index (χ4n) is 1.48. The predicted molar refractivity (Wildman–Crippen MR) is 74.8 cm³/mol. The Balaban J connectivity index is 2.11. The molecule has 0 aromatic carbocycles. The van der Waals surface area contributed by atoms with Crippen LogP contribution in [0.3, 0.4) is 0 Å². The van der Waals surface area contributed by atoms with Crippen molar-refractivity contribution in [3.63, 3.8) is 0 Å². The second-order valence-corrected chi connectivity index (χ2v) is 5.51. The van der Waals surface area contributed by atoms with Crippen LogP contribution in [0.2, 0.25) is 0 Å². The lowest BCUT2D eigenvalue weighted by atomic mass is 10.4. The van der Waals surface area contributed by atoms with Crippen molar-refractivity contribution >= 4 is 39.1 Å². The third-order valence-electron chi connectivity index (χ3n) is 2.29. The molecule has 0 aliphatic heterocycles. The van der Waals surface area contributed by atoms with Crippen LogP contribution in [0.5, 0.6) is 0 Å². The summed E-state index contributed by atoms with van der Waals surface area (Å²) in [5.74, 6) is 3.49. The van der Waals surface area contributed by atoms with Crippen LogP contribution < -0.4 is 5.32 Å². The van der Waals surface area contributed by atoms with Crippen LogP contribution in [0.15, 0.2) is 11.4 Å². The Labute approximate surface area is 108 Å². The van der Waals surface area contributed by atoms with Gasteiger partial charge in [0.15, 0.2) is 0 Å². The third kappa shape index (κ3) is 3.08. The van der Waals surface area contributed by atoms with Gasteiger partial charge >= 0.3 is 0 Å². The van der Waals surface area contributed by atoms with Gasteiger partial charge in [-0.3, -0.25) is 0 Å². The molecule has 0 saturated heterocycles. The number of nitrogens with zero attached hydrogens (tertiary/aromatic N) is 2. The molecule has 6 heteroatoms. The van der Waals surface area contributed by atoms with Gasteiger partial charge in [0.05, 0.1) is 11.1 Å². The van der Waals surface area contributed by atoms with Gasteiger partial charge in [-0.1, -0.05) is 0 Å². The van der Waals surface area contributed by atoms with Crippen molar-refractivity contribution in [2.45, 2.75) is 12.2 Å². The molecule has 2 N–H and O–H groups in total. The molecule has 0 aliphatic rings. The summed E-state index contributed by atoms with van der Waals surface area (Å²) >= 11 is 3.39. The smallest absolute Gasteiger partial charge is 0.142 e. The van der Waals surface area contributed by atoms with E-state index in [9.17, 15) is 0 Å². The van der Waals surface area contributed by atoms with Gasteiger partial charge in [0.2, 0.25) is 0 Å². The standard InChI is InChI=1S/C11H15N3OS2/c1-12-10-8-3-6-17-11(8)14-9(13-10)7-16-5-2-4-15/h3,6,15H,2,4-5,7H2,1H3,(H,12,13,14). The summed E-state index contributed by atoms with van der Waals surface area (Å²) in [6.45, 7) is 0.250. The van der Waals surface area contributed by atoms with Gasteiger partial charge in [0, 0.05) is 13.7 Å².